The number of allylic oxidation sites excluding steroid dienone is 1. The predicted octanol–water partition coefficient (Wildman–Crippen LogP) is 6.78. The second kappa shape index (κ2) is 12.4. The molecule has 38 heavy (non-hydrogen) atoms. The minimum absolute atomic E-state index is 0.137. The van der Waals surface area contributed by atoms with Crippen molar-refractivity contribution in [1.29, 1.82) is 0 Å². The van der Waals surface area contributed by atoms with Crippen molar-refractivity contribution in [1.82, 2.24) is 5.32 Å². The van der Waals surface area contributed by atoms with Gasteiger partial charge in [0, 0.05) is 27.4 Å². The van der Waals surface area contributed by atoms with Crippen LogP contribution in [0, 0.1) is 5.82 Å². The fraction of sp³-hybridized carbons (Fsp3) is 0. The topological polar surface area (TPSA) is 75.3 Å². The summed E-state index contributed by atoms with van der Waals surface area (Å²) in [5.41, 5.74) is 1.93. The van der Waals surface area contributed by atoms with Gasteiger partial charge in [-0.3, -0.25) is 14.4 Å². The summed E-state index contributed by atoms with van der Waals surface area (Å²) in [5, 5.41) is 5.82. The number of benzene rings is 4. The van der Waals surface area contributed by atoms with Gasteiger partial charge in [-0.15, -0.1) is 0 Å². The summed E-state index contributed by atoms with van der Waals surface area (Å²) >= 11 is 5.97. The average Bonchev–Trinajstić information content (AvgIpc) is 2.93. The largest absolute Gasteiger partial charge is 0.321 e. The first-order chi connectivity index (χ1) is 18.4. The second-order valence-electron chi connectivity index (χ2n) is 8.18. The monoisotopic (exact) mass is 524 g/mol. The van der Waals surface area contributed by atoms with Crippen LogP contribution in [-0.2, 0) is 4.79 Å². The van der Waals surface area contributed by atoms with E-state index in [0.29, 0.717) is 21.8 Å². The number of carbonyl (C=O) groups excluding carboxylic acids is 3. The van der Waals surface area contributed by atoms with Crippen LogP contribution < -0.4 is 10.6 Å². The van der Waals surface area contributed by atoms with E-state index >= 15 is 0 Å². The van der Waals surface area contributed by atoms with Gasteiger partial charge in [0.1, 0.15) is 11.5 Å². The molecule has 0 fully saturated rings. The maximum Gasteiger partial charge on any atom is 0.272 e. The summed E-state index contributed by atoms with van der Waals surface area (Å²) in [4.78, 5) is 38.3. The van der Waals surface area contributed by atoms with E-state index in [4.69, 9.17) is 11.6 Å². The molecule has 0 aliphatic heterocycles. The van der Waals surface area contributed by atoms with Crippen LogP contribution in [0.1, 0.15) is 31.8 Å². The van der Waals surface area contributed by atoms with Gasteiger partial charge in [0.15, 0.2) is 5.78 Å². The molecular weight excluding hydrogens is 503 g/mol. The van der Waals surface area contributed by atoms with E-state index in [0.717, 1.165) is 5.56 Å². The maximum atomic E-state index is 14.3. The lowest BCUT2D eigenvalue weighted by Crippen LogP contribution is -2.30. The summed E-state index contributed by atoms with van der Waals surface area (Å²) in [5.74, 6) is -1.94. The number of halogens is 2. The second-order valence-corrected chi connectivity index (χ2v) is 8.62. The van der Waals surface area contributed by atoms with Crippen LogP contribution in [0.5, 0.6) is 0 Å². The minimum Gasteiger partial charge on any atom is -0.321 e. The van der Waals surface area contributed by atoms with Gasteiger partial charge in [0.05, 0.1) is 0 Å². The van der Waals surface area contributed by atoms with E-state index in [-0.39, 0.29) is 17.0 Å². The van der Waals surface area contributed by atoms with Gasteiger partial charge in [0.25, 0.3) is 11.8 Å². The fourth-order valence-corrected chi connectivity index (χ4v) is 3.68. The van der Waals surface area contributed by atoms with Gasteiger partial charge in [-0.05, 0) is 72.3 Å². The molecule has 0 aliphatic rings. The van der Waals surface area contributed by atoms with Crippen molar-refractivity contribution in [3.8, 4) is 0 Å². The highest BCUT2D eigenvalue weighted by molar-refractivity contribution is 6.30. The normalized spacial score (nSPS) is 11.3. The molecule has 0 saturated carbocycles. The Labute approximate surface area is 224 Å². The van der Waals surface area contributed by atoms with E-state index < -0.39 is 17.6 Å². The lowest BCUT2D eigenvalue weighted by Gasteiger charge is -2.12. The smallest absolute Gasteiger partial charge is 0.272 e. The number of nitrogens with one attached hydrogen (secondary N) is 2. The summed E-state index contributed by atoms with van der Waals surface area (Å²) in [6, 6.07) is 27.7. The molecule has 0 radical (unpaired) electrons. The number of hydrogen-bond acceptors (Lipinski definition) is 3. The maximum absolute atomic E-state index is 14.3. The third kappa shape index (κ3) is 7.12. The van der Waals surface area contributed by atoms with Crippen LogP contribution >= 0.6 is 11.6 Å². The summed E-state index contributed by atoms with van der Waals surface area (Å²) < 4.78 is 14.3. The predicted molar refractivity (Wildman–Crippen MR) is 148 cm³/mol. The molecule has 0 heterocycles. The van der Waals surface area contributed by atoms with Gasteiger partial charge in [-0.2, -0.15) is 0 Å². The zero-order valence-corrected chi connectivity index (χ0v) is 20.8. The van der Waals surface area contributed by atoms with Gasteiger partial charge in [-0.1, -0.05) is 66.2 Å². The summed E-state index contributed by atoms with van der Waals surface area (Å²) in [6.45, 7) is 0. The highest BCUT2D eigenvalue weighted by atomic mass is 35.5. The Bertz CT molecular complexity index is 1530. The molecule has 0 unspecified atom stereocenters. The molecule has 0 bridgehead atoms. The molecule has 188 valence electrons. The number of hydrogen-bond donors (Lipinski definition) is 2. The highest BCUT2D eigenvalue weighted by Crippen LogP contribution is 2.16. The zero-order chi connectivity index (χ0) is 26.9. The molecule has 0 spiro atoms. The van der Waals surface area contributed by atoms with Gasteiger partial charge < -0.3 is 10.6 Å². The minimum atomic E-state index is -0.655. The standard InChI is InChI=1S/C31H22ClFN2O3/c32-25-11-6-7-21(19-25)13-18-29(36)22-14-16-26(17-15-22)34-31(38)28(20-24-10-4-5-12-27(24)33)35-30(37)23-8-2-1-3-9-23/h1-20H,(H,34,38)(H,35,37)/b18-13+,28-20-. The molecule has 7 heteroatoms. The first kappa shape index (κ1) is 26.3. The van der Waals surface area contributed by atoms with Crippen molar-refractivity contribution >= 4 is 47.0 Å². The molecule has 4 rings (SSSR count). The van der Waals surface area contributed by atoms with Crippen LogP contribution in [0.15, 0.2) is 115 Å². The Kier molecular flexibility index (Phi) is 8.59. The van der Waals surface area contributed by atoms with Crippen molar-refractivity contribution in [2.75, 3.05) is 5.32 Å². The Morgan fingerprint density at radius 3 is 2.18 bits per heavy atom. The van der Waals surface area contributed by atoms with E-state index in [9.17, 15) is 18.8 Å². The van der Waals surface area contributed by atoms with Gasteiger partial charge >= 0.3 is 0 Å². The third-order valence-electron chi connectivity index (χ3n) is 5.44. The van der Waals surface area contributed by atoms with E-state index in [1.807, 2.05) is 6.07 Å². The molecule has 0 saturated heterocycles. The van der Waals surface area contributed by atoms with Gasteiger partial charge in [-0.25, -0.2) is 4.39 Å². The molecule has 0 aromatic heterocycles. The summed E-state index contributed by atoms with van der Waals surface area (Å²) in [7, 11) is 0. The quantitative estimate of drug-likeness (QED) is 0.197. The molecular formula is C31H22ClFN2O3. The summed E-state index contributed by atoms with van der Waals surface area (Å²) in [6.07, 6.45) is 4.37. The van der Waals surface area contributed by atoms with Crippen LogP contribution in [0.4, 0.5) is 10.1 Å². The lowest BCUT2D eigenvalue weighted by molar-refractivity contribution is -0.113. The Morgan fingerprint density at radius 1 is 0.763 bits per heavy atom. The van der Waals surface area contributed by atoms with Crippen LogP contribution in [-0.4, -0.2) is 17.6 Å². The van der Waals surface area contributed by atoms with Crippen molar-refractivity contribution in [3.63, 3.8) is 0 Å². The molecule has 4 aromatic rings. The number of ketones is 1. The molecule has 0 aliphatic carbocycles. The molecule has 2 amide bonds. The Hall–Kier alpha value is -4.81. The SMILES string of the molecule is O=C(Nc1ccc(C(=O)/C=C/c2cccc(Cl)c2)cc1)/C(=C/c1ccccc1F)NC(=O)c1ccccc1. The molecule has 0 atom stereocenters. The Balaban J connectivity index is 1.50. The van der Waals surface area contributed by atoms with Crippen molar-refractivity contribution in [2.45, 2.75) is 0 Å². The fourth-order valence-electron chi connectivity index (χ4n) is 3.48. The molecule has 4 aromatic carbocycles. The van der Waals surface area contributed by atoms with E-state index in [1.54, 1.807) is 84.9 Å². The van der Waals surface area contributed by atoms with Crippen LogP contribution in [0.3, 0.4) is 0 Å². The first-order valence-electron chi connectivity index (χ1n) is 11.6. The van der Waals surface area contributed by atoms with E-state index in [1.165, 1.54) is 30.4 Å². The Morgan fingerprint density at radius 2 is 1.47 bits per heavy atom. The zero-order valence-electron chi connectivity index (χ0n) is 20.0. The average molecular weight is 525 g/mol. The van der Waals surface area contributed by atoms with Crippen molar-refractivity contribution in [3.05, 3.63) is 148 Å². The number of amides is 2. The molecule has 2 N–H and O–H groups in total. The van der Waals surface area contributed by atoms with Crippen LogP contribution in [0.25, 0.3) is 12.2 Å². The van der Waals surface area contributed by atoms with Crippen molar-refractivity contribution in [2.24, 2.45) is 0 Å². The third-order valence-corrected chi connectivity index (χ3v) is 5.67. The van der Waals surface area contributed by atoms with Crippen molar-refractivity contribution < 1.29 is 18.8 Å². The lowest BCUT2D eigenvalue weighted by atomic mass is 10.1. The van der Waals surface area contributed by atoms with Crippen LogP contribution in [0.2, 0.25) is 5.02 Å². The molecule has 5 nitrogen and oxygen atoms in total. The number of carbonyl (C=O) groups is 3. The number of rotatable bonds is 8. The number of anilines is 1. The highest BCUT2D eigenvalue weighted by Gasteiger charge is 2.16. The van der Waals surface area contributed by atoms with Gasteiger partial charge in [0.2, 0.25) is 0 Å². The van der Waals surface area contributed by atoms with E-state index in [2.05, 4.69) is 10.6 Å². The first-order valence-corrected chi connectivity index (χ1v) is 12.0.